The van der Waals surface area contributed by atoms with Crippen molar-refractivity contribution >= 4 is 23.6 Å². The molecule has 2 rings (SSSR count). The number of aliphatic carboxylic acids is 1. The van der Waals surface area contributed by atoms with Gasteiger partial charge in [0.1, 0.15) is 0 Å². The van der Waals surface area contributed by atoms with Crippen molar-refractivity contribution in [3.8, 4) is 0 Å². The van der Waals surface area contributed by atoms with E-state index in [1.165, 1.54) is 0 Å². The molecule has 0 saturated carbocycles. The lowest BCUT2D eigenvalue weighted by atomic mass is 10.1. The second kappa shape index (κ2) is 5.87. The van der Waals surface area contributed by atoms with Crippen molar-refractivity contribution in [3.05, 3.63) is 17.0 Å². The van der Waals surface area contributed by atoms with E-state index >= 15 is 0 Å². The van der Waals surface area contributed by atoms with Gasteiger partial charge in [-0.25, -0.2) is 0 Å². The Labute approximate surface area is 122 Å². The van der Waals surface area contributed by atoms with Crippen LogP contribution in [0.5, 0.6) is 0 Å². The summed E-state index contributed by atoms with van der Waals surface area (Å²) in [6, 6.07) is -0.238. The van der Waals surface area contributed by atoms with Gasteiger partial charge in [-0.2, -0.15) is 16.9 Å². The number of thioether (sulfide) groups is 1. The maximum absolute atomic E-state index is 12.7. The third-order valence-electron chi connectivity index (χ3n) is 3.62. The number of aromatic nitrogens is 2. The lowest BCUT2D eigenvalue weighted by Gasteiger charge is -2.34. The Balaban J connectivity index is 2.27. The average Bonchev–Trinajstić information content (AvgIpc) is 2.62. The molecule has 1 aromatic heterocycles. The number of rotatable bonds is 3. The highest BCUT2D eigenvalue weighted by molar-refractivity contribution is 7.99. The molecule has 7 heteroatoms. The van der Waals surface area contributed by atoms with E-state index in [-0.39, 0.29) is 18.4 Å². The van der Waals surface area contributed by atoms with Crippen molar-refractivity contribution in [1.29, 1.82) is 0 Å². The molecular weight excluding hydrogens is 278 g/mol. The minimum Gasteiger partial charge on any atom is -0.481 e. The first kappa shape index (κ1) is 14.9. The Hall–Kier alpha value is -1.50. The van der Waals surface area contributed by atoms with Crippen LogP contribution < -0.4 is 0 Å². The molecule has 1 aliphatic rings. The molecule has 1 N–H and O–H groups in total. The van der Waals surface area contributed by atoms with Crippen LogP contribution in [0.15, 0.2) is 0 Å². The second-order valence-electron chi connectivity index (χ2n) is 4.99. The molecule has 0 bridgehead atoms. The zero-order valence-electron chi connectivity index (χ0n) is 11.9. The van der Waals surface area contributed by atoms with Crippen LogP contribution in [0.2, 0.25) is 0 Å². The van der Waals surface area contributed by atoms with Crippen molar-refractivity contribution in [3.63, 3.8) is 0 Å². The molecule has 6 nitrogen and oxygen atoms in total. The van der Waals surface area contributed by atoms with Gasteiger partial charge in [0.25, 0.3) is 5.91 Å². The van der Waals surface area contributed by atoms with Gasteiger partial charge in [-0.15, -0.1) is 0 Å². The SMILES string of the molecule is Cc1nn(C)c(C)c1C(=O)N1CCSCC1CC(=O)O. The number of carboxylic acid groups (broad SMARTS) is 1. The zero-order valence-corrected chi connectivity index (χ0v) is 12.7. The molecule has 0 aromatic carbocycles. The van der Waals surface area contributed by atoms with E-state index in [1.807, 2.05) is 13.8 Å². The second-order valence-corrected chi connectivity index (χ2v) is 6.14. The highest BCUT2D eigenvalue weighted by Crippen LogP contribution is 2.23. The fourth-order valence-corrected chi connectivity index (χ4v) is 3.58. The largest absolute Gasteiger partial charge is 0.481 e. The minimum atomic E-state index is -0.866. The summed E-state index contributed by atoms with van der Waals surface area (Å²) in [5.74, 6) is 0.561. The predicted octanol–water partition coefficient (Wildman–Crippen LogP) is 1.07. The first-order valence-electron chi connectivity index (χ1n) is 6.52. The van der Waals surface area contributed by atoms with Gasteiger partial charge >= 0.3 is 5.97 Å². The summed E-state index contributed by atoms with van der Waals surface area (Å²) < 4.78 is 1.69. The van der Waals surface area contributed by atoms with Gasteiger partial charge in [0, 0.05) is 30.8 Å². The normalized spacial score (nSPS) is 19.1. The molecule has 0 aliphatic carbocycles. The summed E-state index contributed by atoms with van der Waals surface area (Å²) in [5.41, 5.74) is 2.12. The smallest absolute Gasteiger partial charge is 0.305 e. The number of carboxylic acids is 1. The Kier molecular flexibility index (Phi) is 4.37. The molecule has 2 heterocycles. The number of amides is 1. The summed E-state index contributed by atoms with van der Waals surface area (Å²) >= 11 is 1.70. The van der Waals surface area contributed by atoms with Crippen molar-refractivity contribution in [1.82, 2.24) is 14.7 Å². The van der Waals surface area contributed by atoms with Gasteiger partial charge in [0.15, 0.2) is 0 Å². The molecule has 1 aliphatic heterocycles. The Morgan fingerprint density at radius 3 is 2.70 bits per heavy atom. The minimum absolute atomic E-state index is 0.00288. The summed E-state index contributed by atoms with van der Waals surface area (Å²) in [5, 5.41) is 13.2. The number of carbonyl (C=O) groups excluding carboxylic acids is 1. The fraction of sp³-hybridized carbons (Fsp3) is 0.615. The Morgan fingerprint density at radius 1 is 1.45 bits per heavy atom. The van der Waals surface area contributed by atoms with Crippen LogP contribution in [0.4, 0.5) is 0 Å². The number of nitrogens with zero attached hydrogens (tertiary/aromatic N) is 3. The molecule has 20 heavy (non-hydrogen) atoms. The standard InChI is InChI=1S/C13H19N3O3S/c1-8-12(9(2)15(3)14-8)13(19)16-4-5-20-7-10(16)6-11(17)18/h10H,4-7H2,1-3H3,(H,17,18). The fourth-order valence-electron chi connectivity index (χ4n) is 2.52. The number of hydrogen-bond acceptors (Lipinski definition) is 4. The van der Waals surface area contributed by atoms with E-state index in [0.29, 0.717) is 23.6 Å². The number of carbonyl (C=O) groups is 2. The predicted molar refractivity (Wildman–Crippen MR) is 77.1 cm³/mol. The Bertz CT molecular complexity index is 541. The van der Waals surface area contributed by atoms with Crippen molar-refractivity contribution in [2.45, 2.75) is 26.3 Å². The molecule has 1 amide bonds. The molecule has 1 fully saturated rings. The van der Waals surface area contributed by atoms with Gasteiger partial charge in [0.2, 0.25) is 0 Å². The van der Waals surface area contributed by atoms with Crippen LogP contribution in [-0.2, 0) is 11.8 Å². The van der Waals surface area contributed by atoms with Gasteiger partial charge in [0.05, 0.1) is 23.7 Å². The maximum atomic E-state index is 12.7. The Morgan fingerprint density at radius 2 is 2.15 bits per heavy atom. The zero-order chi connectivity index (χ0) is 14.9. The van der Waals surface area contributed by atoms with E-state index in [9.17, 15) is 9.59 Å². The lowest BCUT2D eigenvalue weighted by Crippen LogP contribution is -2.47. The molecule has 1 atom stereocenters. The summed E-state index contributed by atoms with van der Waals surface area (Å²) in [7, 11) is 1.81. The molecule has 1 unspecified atom stereocenters. The van der Waals surface area contributed by atoms with E-state index in [2.05, 4.69) is 5.10 Å². The van der Waals surface area contributed by atoms with Gasteiger partial charge in [-0.05, 0) is 13.8 Å². The quantitative estimate of drug-likeness (QED) is 0.903. The van der Waals surface area contributed by atoms with Gasteiger partial charge < -0.3 is 10.0 Å². The first-order valence-corrected chi connectivity index (χ1v) is 7.68. The topological polar surface area (TPSA) is 75.4 Å². The monoisotopic (exact) mass is 297 g/mol. The van der Waals surface area contributed by atoms with Crippen molar-refractivity contribution < 1.29 is 14.7 Å². The van der Waals surface area contributed by atoms with E-state index in [4.69, 9.17) is 5.11 Å². The van der Waals surface area contributed by atoms with Crippen LogP contribution in [0.25, 0.3) is 0 Å². The maximum Gasteiger partial charge on any atom is 0.305 e. The lowest BCUT2D eigenvalue weighted by molar-refractivity contribution is -0.138. The highest BCUT2D eigenvalue weighted by atomic mass is 32.2. The summed E-state index contributed by atoms with van der Waals surface area (Å²) in [6.07, 6.45) is -0.00288. The highest BCUT2D eigenvalue weighted by Gasteiger charge is 2.32. The van der Waals surface area contributed by atoms with E-state index in [0.717, 1.165) is 11.4 Å². The van der Waals surface area contributed by atoms with Crippen LogP contribution >= 0.6 is 11.8 Å². The molecule has 0 spiro atoms. The summed E-state index contributed by atoms with van der Waals surface area (Å²) in [4.78, 5) is 25.4. The molecule has 1 aromatic rings. The van der Waals surface area contributed by atoms with E-state index in [1.54, 1.807) is 28.4 Å². The third-order valence-corrected chi connectivity index (χ3v) is 4.71. The molecule has 110 valence electrons. The number of hydrogen-bond donors (Lipinski definition) is 1. The van der Waals surface area contributed by atoms with Gasteiger partial charge in [-0.3, -0.25) is 14.3 Å². The first-order chi connectivity index (χ1) is 9.41. The average molecular weight is 297 g/mol. The van der Waals surface area contributed by atoms with Crippen LogP contribution in [0.1, 0.15) is 28.2 Å². The van der Waals surface area contributed by atoms with Crippen molar-refractivity contribution in [2.75, 3.05) is 18.1 Å². The third kappa shape index (κ3) is 2.82. The molecular formula is C13H19N3O3S. The molecule has 1 saturated heterocycles. The van der Waals surface area contributed by atoms with Crippen molar-refractivity contribution in [2.24, 2.45) is 7.05 Å². The van der Waals surface area contributed by atoms with Crippen LogP contribution in [0, 0.1) is 13.8 Å². The summed E-state index contributed by atoms with van der Waals surface area (Å²) in [6.45, 7) is 4.26. The van der Waals surface area contributed by atoms with E-state index < -0.39 is 5.97 Å². The van der Waals surface area contributed by atoms with Gasteiger partial charge in [-0.1, -0.05) is 0 Å². The molecule has 0 radical (unpaired) electrons. The number of aryl methyl sites for hydroxylation is 2. The van der Waals surface area contributed by atoms with Crippen LogP contribution in [0.3, 0.4) is 0 Å². The van der Waals surface area contributed by atoms with Crippen LogP contribution in [-0.4, -0.2) is 55.8 Å².